The smallest absolute Gasteiger partial charge is 0.384 e. The molecule has 4 saturated heterocycles. The fourth-order valence-corrected chi connectivity index (χ4v) is 9.96. The van der Waals surface area contributed by atoms with E-state index >= 15 is 0 Å². The van der Waals surface area contributed by atoms with Gasteiger partial charge in [0, 0.05) is 48.4 Å². The Morgan fingerprint density at radius 3 is 2.35 bits per heavy atom. The molecule has 2 N–H and O–H groups in total. The monoisotopic (exact) mass is 668 g/mol. The first-order chi connectivity index (χ1) is 21.7. The molecule has 4 aromatic rings. The van der Waals surface area contributed by atoms with E-state index in [0.717, 1.165) is 40.3 Å². The standard InChI is InChI=1S/C31H31F3N8O2S2/c1-14-22(46-15(2)37-14)20-13-45-28(38-20)39-21-6-5-16(9-35-21)26(43)42-24-17-7-30(24)8-18(25(30)42)12-41(11-17)27-36-10-19(31(32,33)34)23(40-27)29(3,4)44/h5-6,9-10,13,17-18,24-25,44H,7-8,11-12H2,1-4H3,(H,35,38,39)/t17-,18?,24?,25-,30?/m0/s1. The average molecular weight is 669 g/mol. The largest absolute Gasteiger partial charge is 0.419 e. The Morgan fingerprint density at radius 2 is 1.76 bits per heavy atom. The number of carbonyl (C=O) groups is 1. The van der Waals surface area contributed by atoms with Crippen LogP contribution in [0.5, 0.6) is 0 Å². The number of halogens is 3. The Morgan fingerprint density at radius 1 is 1.04 bits per heavy atom. The maximum Gasteiger partial charge on any atom is 0.419 e. The summed E-state index contributed by atoms with van der Waals surface area (Å²) in [4.78, 5) is 40.9. The second-order valence-electron chi connectivity index (χ2n) is 13.4. The first-order valence-electron chi connectivity index (χ1n) is 15.1. The molecule has 8 heterocycles. The van der Waals surface area contributed by atoms with E-state index in [9.17, 15) is 23.1 Å². The minimum atomic E-state index is -4.68. The van der Waals surface area contributed by atoms with Gasteiger partial charge in [-0.2, -0.15) is 13.2 Å². The van der Waals surface area contributed by atoms with Gasteiger partial charge in [-0.1, -0.05) is 0 Å². The Bertz CT molecular complexity index is 1840. The van der Waals surface area contributed by atoms with Crippen molar-refractivity contribution in [3.05, 3.63) is 57.4 Å². The van der Waals surface area contributed by atoms with Gasteiger partial charge in [0.25, 0.3) is 5.91 Å². The first-order valence-corrected chi connectivity index (χ1v) is 16.8. The zero-order valence-electron chi connectivity index (χ0n) is 25.5. The molecule has 4 aromatic heterocycles. The molecule has 1 spiro atoms. The number of aryl methyl sites for hydroxylation is 2. The molecular formula is C31H31F3N8O2S2. The van der Waals surface area contributed by atoms with Crippen molar-refractivity contribution >= 4 is 45.5 Å². The molecular weight excluding hydrogens is 638 g/mol. The number of aromatic nitrogens is 5. The predicted octanol–water partition coefficient (Wildman–Crippen LogP) is 5.80. The Balaban J connectivity index is 0.973. The van der Waals surface area contributed by atoms with E-state index in [0.29, 0.717) is 29.6 Å². The molecule has 5 bridgehead atoms. The van der Waals surface area contributed by atoms with Crippen LogP contribution in [-0.4, -0.2) is 66.0 Å². The van der Waals surface area contributed by atoms with Gasteiger partial charge in [-0.15, -0.1) is 22.7 Å². The number of piperidine rings is 2. The van der Waals surface area contributed by atoms with Gasteiger partial charge >= 0.3 is 6.18 Å². The third-order valence-electron chi connectivity index (χ3n) is 9.93. The molecule has 2 saturated carbocycles. The molecule has 0 aromatic carbocycles. The summed E-state index contributed by atoms with van der Waals surface area (Å²) < 4.78 is 41.0. The number of pyridine rings is 1. The number of rotatable bonds is 6. The third kappa shape index (κ3) is 4.45. The molecule has 46 heavy (non-hydrogen) atoms. The molecule has 10 rings (SSSR count). The van der Waals surface area contributed by atoms with E-state index in [-0.39, 0.29) is 41.2 Å². The lowest BCUT2D eigenvalue weighted by atomic mass is 9.35. The minimum Gasteiger partial charge on any atom is -0.384 e. The second kappa shape index (κ2) is 9.91. The summed E-state index contributed by atoms with van der Waals surface area (Å²) in [5.41, 5.74) is -0.770. The number of anilines is 3. The van der Waals surface area contributed by atoms with Crippen molar-refractivity contribution in [2.45, 2.75) is 64.4 Å². The normalized spacial score (nSPS) is 26.4. The highest BCUT2D eigenvalue weighted by Crippen LogP contribution is 2.73. The van der Waals surface area contributed by atoms with Crippen LogP contribution < -0.4 is 10.2 Å². The van der Waals surface area contributed by atoms with E-state index in [1.807, 2.05) is 29.0 Å². The number of thiazole rings is 2. The number of hydrogen-bond acceptors (Lipinski definition) is 11. The second-order valence-corrected chi connectivity index (χ2v) is 15.5. The molecule has 10 nitrogen and oxygen atoms in total. The van der Waals surface area contributed by atoms with E-state index < -0.39 is 23.0 Å². The number of aliphatic hydroxyl groups is 1. The Hall–Kier alpha value is -3.69. The number of hydrogen-bond donors (Lipinski definition) is 2. The fraction of sp³-hybridized carbons (Fsp3) is 0.484. The van der Waals surface area contributed by atoms with Crippen LogP contribution >= 0.6 is 22.7 Å². The number of nitrogens with zero attached hydrogens (tertiary/aromatic N) is 7. The summed E-state index contributed by atoms with van der Waals surface area (Å²) in [5, 5.41) is 17.4. The summed E-state index contributed by atoms with van der Waals surface area (Å²) in [7, 11) is 0. The Labute approximate surface area is 270 Å². The van der Waals surface area contributed by atoms with Crippen LogP contribution in [0.4, 0.5) is 30.1 Å². The van der Waals surface area contributed by atoms with E-state index in [1.165, 1.54) is 25.2 Å². The molecule has 5 atom stereocenters. The summed E-state index contributed by atoms with van der Waals surface area (Å²) in [5.74, 6) is 1.03. The Kier molecular flexibility index (Phi) is 6.40. The summed E-state index contributed by atoms with van der Waals surface area (Å²) in [6, 6.07) is 3.71. The van der Waals surface area contributed by atoms with Gasteiger partial charge in [0.05, 0.1) is 38.1 Å². The number of amides is 1. The first kappa shape index (κ1) is 29.7. The van der Waals surface area contributed by atoms with Crippen molar-refractivity contribution in [3.8, 4) is 10.6 Å². The fourth-order valence-electron chi connectivity index (χ4n) is 8.30. The molecule has 6 aliphatic rings. The van der Waals surface area contributed by atoms with E-state index in [2.05, 4.69) is 30.2 Å². The van der Waals surface area contributed by atoms with Crippen molar-refractivity contribution in [2.24, 2.45) is 17.3 Å². The quantitative estimate of drug-likeness (QED) is 0.263. The zero-order chi connectivity index (χ0) is 32.3. The maximum atomic E-state index is 13.8. The highest BCUT2D eigenvalue weighted by Gasteiger charge is 2.79. The van der Waals surface area contributed by atoms with Crippen LogP contribution in [0.3, 0.4) is 0 Å². The van der Waals surface area contributed by atoms with Crippen molar-refractivity contribution in [1.82, 2.24) is 29.8 Å². The number of nitrogens with one attached hydrogen (secondary N) is 1. The molecule has 3 unspecified atom stereocenters. The van der Waals surface area contributed by atoms with Crippen LogP contribution in [-0.2, 0) is 11.8 Å². The molecule has 6 fully saturated rings. The maximum absolute atomic E-state index is 13.8. The topological polar surface area (TPSA) is 120 Å². The van der Waals surface area contributed by atoms with Crippen molar-refractivity contribution in [1.29, 1.82) is 0 Å². The lowest BCUT2D eigenvalue weighted by Crippen LogP contribution is -2.91. The van der Waals surface area contributed by atoms with Crippen LogP contribution in [0.1, 0.15) is 59.0 Å². The lowest BCUT2D eigenvalue weighted by molar-refractivity contribution is -0.304. The van der Waals surface area contributed by atoms with Crippen molar-refractivity contribution in [2.75, 3.05) is 23.3 Å². The zero-order valence-corrected chi connectivity index (χ0v) is 27.1. The lowest BCUT2D eigenvalue weighted by Gasteiger charge is -2.83. The molecule has 240 valence electrons. The third-order valence-corrected chi connectivity index (χ3v) is 11.8. The van der Waals surface area contributed by atoms with Crippen LogP contribution in [0.2, 0.25) is 0 Å². The number of alkyl halides is 3. The highest BCUT2D eigenvalue weighted by atomic mass is 32.1. The van der Waals surface area contributed by atoms with Gasteiger partial charge in [0.1, 0.15) is 11.4 Å². The van der Waals surface area contributed by atoms with Crippen molar-refractivity contribution < 1.29 is 23.1 Å². The van der Waals surface area contributed by atoms with E-state index in [1.54, 1.807) is 29.7 Å². The van der Waals surface area contributed by atoms with Gasteiger partial charge < -0.3 is 20.2 Å². The van der Waals surface area contributed by atoms with Gasteiger partial charge in [0.2, 0.25) is 5.95 Å². The predicted molar refractivity (Wildman–Crippen MR) is 167 cm³/mol. The minimum absolute atomic E-state index is 0.0461. The van der Waals surface area contributed by atoms with Gasteiger partial charge in [0.15, 0.2) is 5.13 Å². The van der Waals surface area contributed by atoms with Gasteiger partial charge in [-0.05, 0) is 64.5 Å². The molecule has 4 aliphatic heterocycles. The highest BCUT2D eigenvalue weighted by molar-refractivity contribution is 7.16. The summed E-state index contributed by atoms with van der Waals surface area (Å²) in [6.07, 6.45) is -0.365. The molecule has 15 heteroatoms. The summed E-state index contributed by atoms with van der Waals surface area (Å²) >= 11 is 3.09. The van der Waals surface area contributed by atoms with Crippen LogP contribution in [0.25, 0.3) is 10.6 Å². The molecule has 0 radical (unpaired) electrons. The SMILES string of the molecule is Cc1nc(C)c(-c2csc(Nc3ccc(C(=O)N4C5[C@@H]6CN(c7ncc(C(F)(F)F)c(C(C)(C)O)n7)CC7CC5(C6)[C@H]74)cn3)n2)s1. The molecule has 1 amide bonds. The average Bonchev–Trinajstić information content (AvgIpc) is 3.54. The summed E-state index contributed by atoms with van der Waals surface area (Å²) in [6.45, 7) is 7.61. The molecule has 2 aliphatic carbocycles. The number of carbonyl (C=O) groups excluding carboxylic acids is 1. The van der Waals surface area contributed by atoms with E-state index in [4.69, 9.17) is 0 Å². The van der Waals surface area contributed by atoms with Crippen molar-refractivity contribution in [3.63, 3.8) is 0 Å². The van der Waals surface area contributed by atoms with Gasteiger partial charge in [-0.25, -0.2) is 24.9 Å². The van der Waals surface area contributed by atoms with Crippen LogP contribution in [0.15, 0.2) is 29.9 Å². The van der Waals surface area contributed by atoms with Crippen LogP contribution in [0, 0.1) is 31.1 Å². The van der Waals surface area contributed by atoms with Gasteiger partial charge in [-0.3, -0.25) is 4.79 Å².